The summed E-state index contributed by atoms with van der Waals surface area (Å²) >= 11 is 0. The fourth-order valence-corrected chi connectivity index (χ4v) is 3.47. The maximum atomic E-state index is 13.1. The third kappa shape index (κ3) is 4.22. The minimum absolute atomic E-state index is 0.105. The highest BCUT2D eigenvalue weighted by atomic mass is 19.4. The highest BCUT2D eigenvalue weighted by molar-refractivity contribution is 6.05. The van der Waals surface area contributed by atoms with Gasteiger partial charge in [0.1, 0.15) is 6.07 Å². The van der Waals surface area contributed by atoms with Crippen molar-refractivity contribution in [1.29, 1.82) is 5.26 Å². The maximum absolute atomic E-state index is 13.1. The summed E-state index contributed by atoms with van der Waals surface area (Å²) in [7, 11) is 1.53. The lowest BCUT2D eigenvalue weighted by Gasteiger charge is -2.30. The van der Waals surface area contributed by atoms with Gasteiger partial charge in [0.05, 0.1) is 34.7 Å². The molecule has 0 saturated carbocycles. The molecular weight excluding hydrogens is 397 g/mol. The van der Waals surface area contributed by atoms with Gasteiger partial charge >= 0.3 is 6.18 Å². The summed E-state index contributed by atoms with van der Waals surface area (Å²) in [4.78, 5) is 28.1. The SMILES string of the molecule is CC1CC(=O)Nc2ccccc2N1C(=O)CN(C)c1ccc(C(F)(F)F)cc1C#N. The zero-order chi connectivity index (χ0) is 22.1. The maximum Gasteiger partial charge on any atom is 0.416 e. The molecule has 0 aliphatic carbocycles. The van der Waals surface area contributed by atoms with Crippen molar-refractivity contribution < 1.29 is 22.8 Å². The standard InChI is InChI=1S/C21H19F3N4O2/c1-13-9-19(29)26-16-5-3-4-6-18(16)28(13)20(30)12-27(2)17-8-7-15(21(22,23)24)10-14(17)11-25/h3-8,10,13H,9,12H2,1-2H3,(H,26,29). The molecular formula is C21H19F3N4O2. The summed E-state index contributed by atoms with van der Waals surface area (Å²) < 4.78 is 38.8. The number of nitriles is 1. The molecule has 3 rings (SSSR count). The number of carbonyl (C=O) groups excluding carboxylic acids is 2. The molecule has 0 bridgehead atoms. The van der Waals surface area contributed by atoms with E-state index in [0.29, 0.717) is 11.4 Å². The highest BCUT2D eigenvalue weighted by Crippen LogP contribution is 2.34. The van der Waals surface area contributed by atoms with Crippen LogP contribution in [-0.4, -0.2) is 31.4 Å². The van der Waals surface area contributed by atoms with Gasteiger partial charge in [-0.1, -0.05) is 12.1 Å². The van der Waals surface area contributed by atoms with E-state index in [1.54, 1.807) is 37.3 Å². The molecule has 1 atom stereocenters. The molecule has 1 heterocycles. The Morgan fingerprint density at radius 3 is 2.67 bits per heavy atom. The molecule has 156 valence electrons. The smallest absolute Gasteiger partial charge is 0.364 e. The molecule has 2 aromatic rings. The molecule has 1 aliphatic heterocycles. The number of rotatable bonds is 3. The van der Waals surface area contributed by atoms with Gasteiger partial charge in [-0.25, -0.2) is 0 Å². The molecule has 0 fully saturated rings. The topological polar surface area (TPSA) is 76.4 Å². The number of amides is 2. The average molecular weight is 416 g/mol. The van der Waals surface area contributed by atoms with E-state index < -0.39 is 17.8 Å². The van der Waals surface area contributed by atoms with Crippen molar-refractivity contribution >= 4 is 28.9 Å². The van der Waals surface area contributed by atoms with Crippen molar-refractivity contribution in [1.82, 2.24) is 0 Å². The number of alkyl halides is 3. The molecule has 1 aliphatic rings. The van der Waals surface area contributed by atoms with Gasteiger partial charge in [0.25, 0.3) is 0 Å². The van der Waals surface area contributed by atoms with Crippen LogP contribution >= 0.6 is 0 Å². The lowest BCUT2D eigenvalue weighted by Crippen LogP contribution is -2.44. The minimum atomic E-state index is -4.57. The van der Waals surface area contributed by atoms with Gasteiger partial charge in [0.2, 0.25) is 11.8 Å². The van der Waals surface area contributed by atoms with Crippen molar-refractivity contribution in [2.45, 2.75) is 25.6 Å². The second-order valence-corrected chi connectivity index (χ2v) is 7.08. The Balaban J connectivity index is 1.89. The third-order valence-electron chi connectivity index (χ3n) is 4.86. The van der Waals surface area contributed by atoms with E-state index in [1.165, 1.54) is 22.9 Å². The van der Waals surface area contributed by atoms with Crippen LogP contribution in [0.5, 0.6) is 0 Å². The van der Waals surface area contributed by atoms with E-state index in [1.807, 2.05) is 0 Å². The third-order valence-corrected chi connectivity index (χ3v) is 4.86. The number of hydrogen-bond acceptors (Lipinski definition) is 4. The molecule has 6 nitrogen and oxygen atoms in total. The van der Waals surface area contributed by atoms with Crippen LogP contribution in [0.1, 0.15) is 24.5 Å². The number of likely N-dealkylation sites (N-methyl/N-ethyl adjacent to an activating group) is 1. The largest absolute Gasteiger partial charge is 0.416 e. The summed E-state index contributed by atoms with van der Waals surface area (Å²) in [6.07, 6.45) is -4.46. The van der Waals surface area contributed by atoms with Gasteiger partial charge in [-0.05, 0) is 37.3 Å². The van der Waals surface area contributed by atoms with Crippen LogP contribution in [0.3, 0.4) is 0 Å². The molecule has 9 heteroatoms. The van der Waals surface area contributed by atoms with Gasteiger partial charge in [-0.15, -0.1) is 0 Å². The Bertz CT molecular complexity index is 1030. The molecule has 1 unspecified atom stereocenters. The Hall–Kier alpha value is -3.54. The monoisotopic (exact) mass is 416 g/mol. The van der Waals surface area contributed by atoms with Crippen LogP contribution in [0, 0.1) is 11.3 Å². The van der Waals surface area contributed by atoms with Gasteiger partial charge in [-0.3, -0.25) is 9.59 Å². The molecule has 0 spiro atoms. The van der Waals surface area contributed by atoms with Crippen molar-refractivity contribution in [2.75, 3.05) is 28.7 Å². The van der Waals surface area contributed by atoms with Crippen molar-refractivity contribution in [3.8, 4) is 6.07 Å². The summed E-state index contributed by atoms with van der Waals surface area (Å²) in [6.45, 7) is 1.56. The van der Waals surface area contributed by atoms with E-state index in [0.717, 1.165) is 12.1 Å². The number of anilines is 3. The number of nitrogens with zero attached hydrogens (tertiary/aromatic N) is 3. The van der Waals surface area contributed by atoms with Crippen molar-refractivity contribution in [2.24, 2.45) is 0 Å². The van der Waals surface area contributed by atoms with Gasteiger partial charge in [0, 0.05) is 19.5 Å². The van der Waals surface area contributed by atoms with Crippen LogP contribution in [0.15, 0.2) is 42.5 Å². The van der Waals surface area contributed by atoms with Gasteiger partial charge in [-0.2, -0.15) is 18.4 Å². The van der Waals surface area contributed by atoms with Crippen LogP contribution in [0.2, 0.25) is 0 Å². The quantitative estimate of drug-likeness (QED) is 0.826. The predicted molar refractivity (Wildman–Crippen MR) is 106 cm³/mol. The number of fused-ring (bicyclic) bond motifs is 1. The van der Waals surface area contributed by atoms with Crippen LogP contribution < -0.4 is 15.1 Å². The molecule has 2 amide bonds. The Morgan fingerprint density at radius 1 is 1.30 bits per heavy atom. The molecule has 2 aromatic carbocycles. The van der Waals surface area contributed by atoms with Crippen LogP contribution in [-0.2, 0) is 15.8 Å². The summed E-state index contributed by atoms with van der Waals surface area (Å²) in [5, 5.41) is 12.1. The Labute approximate surface area is 171 Å². The molecule has 0 saturated heterocycles. The van der Waals surface area contributed by atoms with Gasteiger partial charge < -0.3 is 15.1 Å². The molecule has 0 radical (unpaired) electrons. The van der Waals surface area contributed by atoms with Crippen molar-refractivity contribution in [3.63, 3.8) is 0 Å². The van der Waals surface area contributed by atoms with E-state index in [4.69, 9.17) is 0 Å². The number of para-hydroxylation sites is 2. The molecule has 30 heavy (non-hydrogen) atoms. The predicted octanol–water partition coefficient (Wildman–Crippen LogP) is 3.78. The highest BCUT2D eigenvalue weighted by Gasteiger charge is 2.32. The number of nitrogens with one attached hydrogen (secondary N) is 1. The first-order valence-electron chi connectivity index (χ1n) is 9.15. The molecule has 0 aromatic heterocycles. The zero-order valence-electron chi connectivity index (χ0n) is 16.3. The van der Waals surface area contributed by atoms with Crippen LogP contribution in [0.4, 0.5) is 30.2 Å². The number of carbonyl (C=O) groups is 2. The summed E-state index contributed by atoms with van der Waals surface area (Å²) in [6, 6.07) is 11.1. The normalized spacial score (nSPS) is 16.2. The van der Waals surface area contributed by atoms with E-state index in [-0.39, 0.29) is 36.0 Å². The number of halogens is 3. The molecule has 1 N–H and O–H groups in total. The van der Waals surface area contributed by atoms with Crippen LogP contribution in [0.25, 0.3) is 0 Å². The van der Waals surface area contributed by atoms with E-state index >= 15 is 0 Å². The summed E-state index contributed by atoms with van der Waals surface area (Å²) in [5.41, 5.74) is 0.157. The first-order valence-corrected chi connectivity index (χ1v) is 9.15. The Kier molecular flexibility index (Phi) is 5.69. The average Bonchev–Trinajstić information content (AvgIpc) is 2.80. The van der Waals surface area contributed by atoms with E-state index in [9.17, 15) is 28.0 Å². The Morgan fingerprint density at radius 2 is 2.00 bits per heavy atom. The lowest BCUT2D eigenvalue weighted by atomic mass is 10.1. The van der Waals surface area contributed by atoms with E-state index in [2.05, 4.69) is 5.32 Å². The first-order chi connectivity index (χ1) is 14.1. The summed E-state index contributed by atoms with van der Waals surface area (Å²) in [5.74, 6) is -0.564. The lowest BCUT2D eigenvalue weighted by molar-refractivity contribution is -0.137. The second kappa shape index (κ2) is 8.06. The fourth-order valence-electron chi connectivity index (χ4n) is 3.47. The first kappa shape index (κ1) is 21.2. The fraction of sp³-hybridized carbons (Fsp3) is 0.286. The number of benzene rings is 2. The zero-order valence-corrected chi connectivity index (χ0v) is 16.3. The number of hydrogen-bond donors (Lipinski definition) is 1. The van der Waals surface area contributed by atoms with Crippen molar-refractivity contribution in [3.05, 3.63) is 53.6 Å². The minimum Gasteiger partial charge on any atom is -0.364 e. The second-order valence-electron chi connectivity index (χ2n) is 7.08. The van der Waals surface area contributed by atoms with Gasteiger partial charge in [0.15, 0.2) is 0 Å².